The minimum absolute atomic E-state index is 0.795. The van der Waals surface area contributed by atoms with Crippen molar-refractivity contribution in [2.24, 2.45) is 5.10 Å². The number of hydrogen-bond donors (Lipinski definition) is 1. The number of benzene rings is 3. The number of rotatable bonds is 5. The summed E-state index contributed by atoms with van der Waals surface area (Å²) in [5, 5.41) is 4.66. The van der Waals surface area contributed by atoms with Crippen molar-refractivity contribution in [1.29, 1.82) is 0 Å². The molecule has 2 nitrogen and oxygen atoms in total. The number of anilines is 1. The molecule has 3 aromatic rings. The van der Waals surface area contributed by atoms with Crippen LogP contribution in [0.3, 0.4) is 0 Å². The molecule has 0 fully saturated rings. The van der Waals surface area contributed by atoms with E-state index in [9.17, 15) is 0 Å². The quantitative estimate of drug-likeness (QED) is 0.517. The fraction of sp³-hybridized carbons (Fsp3) is 0.0952. The fourth-order valence-corrected chi connectivity index (χ4v) is 2.39. The average molecular weight is 300 g/mol. The van der Waals surface area contributed by atoms with Crippen LogP contribution in [0.15, 0.2) is 90.0 Å². The van der Waals surface area contributed by atoms with Gasteiger partial charge >= 0.3 is 0 Å². The van der Waals surface area contributed by atoms with Gasteiger partial charge in [0.25, 0.3) is 0 Å². The Kier molecular flexibility index (Phi) is 4.85. The van der Waals surface area contributed by atoms with E-state index in [1.807, 2.05) is 36.4 Å². The summed E-state index contributed by atoms with van der Waals surface area (Å²) < 4.78 is 0. The fourth-order valence-electron chi connectivity index (χ4n) is 2.39. The summed E-state index contributed by atoms with van der Waals surface area (Å²) >= 11 is 0. The van der Waals surface area contributed by atoms with Crippen LogP contribution in [-0.2, 0) is 6.42 Å². The Hall–Kier alpha value is -2.87. The van der Waals surface area contributed by atoms with Crippen molar-refractivity contribution in [3.05, 3.63) is 102 Å². The van der Waals surface area contributed by atoms with Crippen molar-refractivity contribution in [3.8, 4) is 0 Å². The molecule has 0 atom stereocenters. The van der Waals surface area contributed by atoms with Gasteiger partial charge in [-0.05, 0) is 30.2 Å². The van der Waals surface area contributed by atoms with Gasteiger partial charge in [-0.2, -0.15) is 5.10 Å². The highest BCUT2D eigenvalue weighted by Gasteiger charge is 2.05. The molecule has 0 saturated carbocycles. The molecule has 1 N–H and O–H groups in total. The smallest absolute Gasteiger partial charge is 0.0723 e. The maximum atomic E-state index is 4.66. The van der Waals surface area contributed by atoms with Crippen molar-refractivity contribution in [1.82, 2.24) is 0 Å². The minimum Gasteiger partial charge on any atom is -0.278 e. The number of nitrogens with one attached hydrogen (secondary N) is 1. The molecule has 0 radical (unpaired) electrons. The zero-order valence-electron chi connectivity index (χ0n) is 13.2. The topological polar surface area (TPSA) is 24.4 Å². The van der Waals surface area contributed by atoms with Crippen molar-refractivity contribution in [2.75, 3.05) is 5.43 Å². The van der Waals surface area contributed by atoms with Gasteiger partial charge in [-0.25, -0.2) is 0 Å². The second kappa shape index (κ2) is 7.41. The lowest BCUT2D eigenvalue weighted by Crippen LogP contribution is -2.08. The van der Waals surface area contributed by atoms with Crippen molar-refractivity contribution in [2.45, 2.75) is 13.3 Å². The van der Waals surface area contributed by atoms with Gasteiger partial charge < -0.3 is 0 Å². The van der Waals surface area contributed by atoms with E-state index < -0.39 is 0 Å². The van der Waals surface area contributed by atoms with E-state index in [0.29, 0.717) is 0 Å². The number of aryl methyl sites for hydroxylation is 1. The SMILES string of the molecule is Cc1ccc(NN=C(Cc2ccccc2)c2ccccc2)cc1. The summed E-state index contributed by atoms with van der Waals surface area (Å²) in [5.74, 6) is 0. The Bertz CT molecular complexity index is 760. The maximum Gasteiger partial charge on any atom is 0.0723 e. The first kappa shape index (κ1) is 15.0. The van der Waals surface area contributed by atoms with Crippen LogP contribution in [-0.4, -0.2) is 5.71 Å². The first-order valence-corrected chi connectivity index (χ1v) is 7.80. The van der Waals surface area contributed by atoms with Gasteiger partial charge in [0.05, 0.1) is 11.4 Å². The van der Waals surface area contributed by atoms with Crippen LogP contribution in [0.25, 0.3) is 0 Å². The summed E-state index contributed by atoms with van der Waals surface area (Å²) in [6.45, 7) is 2.08. The normalized spacial score (nSPS) is 11.3. The van der Waals surface area contributed by atoms with E-state index in [2.05, 4.69) is 66.0 Å². The Morgan fingerprint density at radius 3 is 2.04 bits per heavy atom. The molecule has 0 heterocycles. The zero-order chi connectivity index (χ0) is 15.9. The highest BCUT2D eigenvalue weighted by Crippen LogP contribution is 2.12. The third-order valence-corrected chi connectivity index (χ3v) is 3.69. The number of hydrazone groups is 1. The molecular formula is C21H20N2. The highest BCUT2D eigenvalue weighted by molar-refractivity contribution is 6.02. The zero-order valence-corrected chi connectivity index (χ0v) is 13.2. The summed E-state index contributed by atoms with van der Waals surface area (Å²) in [6.07, 6.45) is 0.795. The van der Waals surface area contributed by atoms with Gasteiger partial charge in [0, 0.05) is 6.42 Å². The van der Waals surface area contributed by atoms with Crippen LogP contribution in [0, 0.1) is 6.92 Å². The summed E-state index contributed by atoms with van der Waals surface area (Å²) in [4.78, 5) is 0. The Balaban J connectivity index is 1.85. The number of hydrogen-bond acceptors (Lipinski definition) is 2. The maximum absolute atomic E-state index is 4.66. The Morgan fingerprint density at radius 2 is 1.39 bits per heavy atom. The van der Waals surface area contributed by atoms with Gasteiger partial charge in [-0.15, -0.1) is 0 Å². The van der Waals surface area contributed by atoms with E-state index in [4.69, 9.17) is 0 Å². The molecule has 0 saturated heterocycles. The molecule has 0 unspecified atom stereocenters. The molecule has 3 rings (SSSR count). The second-order valence-corrected chi connectivity index (χ2v) is 5.56. The van der Waals surface area contributed by atoms with Crippen LogP contribution in [0.2, 0.25) is 0 Å². The molecule has 0 aliphatic heterocycles. The largest absolute Gasteiger partial charge is 0.278 e. The van der Waals surface area contributed by atoms with Gasteiger partial charge in [-0.3, -0.25) is 5.43 Å². The van der Waals surface area contributed by atoms with Gasteiger partial charge in [0.1, 0.15) is 0 Å². The molecular weight excluding hydrogens is 280 g/mol. The van der Waals surface area contributed by atoms with Gasteiger partial charge in [0.2, 0.25) is 0 Å². The lowest BCUT2D eigenvalue weighted by Gasteiger charge is -2.09. The Morgan fingerprint density at radius 1 is 0.783 bits per heavy atom. The third kappa shape index (κ3) is 4.30. The molecule has 3 aromatic carbocycles. The standard InChI is InChI=1S/C21H20N2/c1-17-12-14-20(15-13-17)22-23-21(19-10-6-3-7-11-19)16-18-8-4-2-5-9-18/h2-15,22H,16H2,1H3. The van der Waals surface area contributed by atoms with E-state index in [0.717, 1.165) is 23.4 Å². The lowest BCUT2D eigenvalue weighted by atomic mass is 10.0. The van der Waals surface area contributed by atoms with Crippen LogP contribution in [0.4, 0.5) is 5.69 Å². The molecule has 2 heteroatoms. The number of nitrogens with zero attached hydrogens (tertiary/aromatic N) is 1. The van der Waals surface area contributed by atoms with E-state index in [1.165, 1.54) is 11.1 Å². The summed E-state index contributed by atoms with van der Waals surface area (Å²) in [5.41, 5.74) is 8.83. The molecule has 0 spiro atoms. The molecule has 0 aliphatic carbocycles. The van der Waals surface area contributed by atoms with E-state index in [1.54, 1.807) is 0 Å². The van der Waals surface area contributed by atoms with Crippen molar-refractivity contribution in [3.63, 3.8) is 0 Å². The van der Waals surface area contributed by atoms with Crippen LogP contribution in [0.1, 0.15) is 16.7 Å². The first-order chi connectivity index (χ1) is 11.3. The van der Waals surface area contributed by atoms with Gasteiger partial charge in [-0.1, -0.05) is 78.4 Å². The minimum atomic E-state index is 0.795. The highest BCUT2D eigenvalue weighted by atomic mass is 15.3. The van der Waals surface area contributed by atoms with E-state index >= 15 is 0 Å². The summed E-state index contributed by atoms with van der Waals surface area (Å²) in [7, 11) is 0. The van der Waals surface area contributed by atoms with Crippen molar-refractivity contribution >= 4 is 11.4 Å². The monoisotopic (exact) mass is 300 g/mol. The lowest BCUT2D eigenvalue weighted by molar-refractivity contribution is 1.24. The molecule has 0 aliphatic rings. The second-order valence-electron chi connectivity index (χ2n) is 5.56. The molecule has 23 heavy (non-hydrogen) atoms. The van der Waals surface area contributed by atoms with Crippen LogP contribution < -0.4 is 5.43 Å². The predicted octanol–water partition coefficient (Wildman–Crippen LogP) is 5.05. The predicted molar refractivity (Wildman–Crippen MR) is 97.9 cm³/mol. The molecule has 0 aromatic heterocycles. The van der Waals surface area contributed by atoms with Crippen LogP contribution >= 0.6 is 0 Å². The average Bonchev–Trinajstić information content (AvgIpc) is 2.61. The summed E-state index contributed by atoms with van der Waals surface area (Å²) in [6, 6.07) is 29.0. The third-order valence-electron chi connectivity index (χ3n) is 3.69. The van der Waals surface area contributed by atoms with Crippen molar-refractivity contribution < 1.29 is 0 Å². The molecule has 114 valence electrons. The van der Waals surface area contributed by atoms with Crippen LogP contribution in [0.5, 0.6) is 0 Å². The molecule has 0 bridgehead atoms. The first-order valence-electron chi connectivity index (χ1n) is 7.80. The molecule has 0 amide bonds. The van der Waals surface area contributed by atoms with E-state index in [-0.39, 0.29) is 0 Å². The Labute approximate surface area is 137 Å². The van der Waals surface area contributed by atoms with Gasteiger partial charge in [0.15, 0.2) is 0 Å².